The van der Waals surface area contributed by atoms with Crippen LogP contribution in [0.15, 0.2) is 78.4 Å². The number of carbonyl (C=O) groups excluding carboxylic acids is 2. The molecule has 4 rings (SSSR count). The summed E-state index contributed by atoms with van der Waals surface area (Å²) in [4.78, 5) is 40.3. The van der Waals surface area contributed by atoms with Crippen LogP contribution in [0.25, 0.3) is 5.76 Å². The van der Waals surface area contributed by atoms with Gasteiger partial charge >= 0.3 is 0 Å². The Morgan fingerprint density at radius 2 is 1.65 bits per heavy atom. The quantitative estimate of drug-likeness (QED) is 0.198. The van der Waals surface area contributed by atoms with Gasteiger partial charge in [0.25, 0.3) is 17.4 Å². The van der Waals surface area contributed by atoms with Gasteiger partial charge in [-0.2, -0.15) is 0 Å². The average Bonchev–Trinajstić information content (AvgIpc) is 3.09. The number of anilines is 2. The molecular weight excluding hydrogens is 434 g/mol. The Kier molecular flexibility index (Phi) is 5.89. The number of aliphatic hydroxyl groups is 1. The molecule has 1 atom stereocenters. The number of Topliss-reactive ketones (excluding diaryl/α,β-unsaturated/α-hetero) is 1. The molecule has 0 radical (unpaired) electrons. The smallest absolute Gasteiger partial charge is 0.300 e. The number of benzene rings is 3. The predicted molar refractivity (Wildman–Crippen MR) is 130 cm³/mol. The molecule has 1 amide bonds. The normalized spacial score (nSPS) is 17.1. The first-order chi connectivity index (χ1) is 16.2. The van der Waals surface area contributed by atoms with Gasteiger partial charge in [0.2, 0.25) is 0 Å². The van der Waals surface area contributed by atoms with Crippen LogP contribution >= 0.6 is 0 Å². The number of aliphatic hydroxyl groups excluding tert-OH is 1. The SMILES string of the molecule is Cc1ccc(N2C(=O)C(=O)/C(=C(\O)c3cccc([N+](=O)[O-])c3)C2c2ccc(N(C)C)cc2)cc1. The van der Waals surface area contributed by atoms with Crippen LogP contribution in [0.5, 0.6) is 0 Å². The lowest BCUT2D eigenvalue weighted by Gasteiger charge is -2.26. The molecule has 8 heteroatoms. The molecule has 0 saturated carbocycles. The van der Waals surface area contributed by atoms with Crippen LogP contribution in [-0.4, -0.2) is 35.8 Å². The summed E-state index contributed by atoms with van der Waals surface area (Å²) in [6, 6.07) is 18.9. The summed E-state index contributed by atoms with van der Waals surface area (Å²) in [6.45, 7) is 1.91. The summed E-state index contributed by atoms with van der Waals surface area (Å²) >= 11 is 0. The molecule has 1 heterocycles. The van der Waals surface area contributed by atoms with Gasteiger partial charge in [-0.3, -0.25) is 24.6 Å². The second-order valence-corrected chi connectivity index (χ2v) is 8.30. The third kappa shape index (κ3) is 4.01. The number of nitro groups is 1. The Hall–Kier alpha value is -4.46. The van der Waals surface area contributed by atoms with E-state index in [1.807, 2.05) is 50.2 Å². The summed E-state index contributed by atoms with van der Waals surface area (Å²) in [7, 11) is 3.80. The van der Waals surface area contributed by atoms with Gasteiger partial charge in [-0.15, -0.1) is 0 Å². The molecule has 8 nitrogen and oxygen atoms in total. The van der Waals surface area contributed by atoms with E-state index in [0.29, 0.717) is 11.3 Å². The molecule has 1 aliphatic heterocycles. The van der Waals surface area contributed by atoms with Gasteiger partial charge in [-0.25, -0.2) is 0 Å². The Labute approximate surface area is 196 Å². The van der Waals surface area contributed by atoms with Gasteiger partial charge in [-0.05, 0) is 36.8 Å². The highest BCUT2D eigenvalue weighted by Gasteiger charge is 2.47. The second-order valence-electron chi connectivity index (χ2n) is 8.30. The van der Waals surface area contributed by atoms with Crippen LogP contribution in [0.3, 0.4) is 0 Å². The van der Waals surface area contributed by atoms with Crippen molar-refractivity contribution in [1.82, 2.24) is 0 Å². The van der Waals surface area contributed by atoms with Crippen molar-refractivity contribution in [2.45, 2.75) is 13.0 Å². The van der Waals surface area contributed by atoms with E-state index in [9.17, 15) is 24.8 Å². The van der Waals surface area contributed by atoms with E-state index in [1.54, 1.807) is 24.3 Å². The van der Waals surface area contributed by atoms with Gasteiger partial charge in [0.15, 0.2) is 0 Å². The number of hydrogen-bond acceptors (Lipinski definition) is 6. The lowest BCUT2D eigenvalue weighted by atomic mass is 9.94. The number of rotatable bonds is 5. The molecule has 0 spiro atoms. The van der Waals surface area contributed by atoms with Crippen LogP contribution in [0.2, 0.25) is 0 Å². The van der Waals surface area contributed by atoms with E-state index in [1.165, 1.54) is 29.2 Å². The number of hydrogen-bond donors (Lipinski definition) is 1. The maximum Gasteiger partial charge on any atom is 0.300 e. The average molecular weight is 457 g/mol. The van der Waals surface area contributed by atoms with Gasteiger partial charge < -0.3 is 10.0 Å². The number of aryl methyl sites for hydroxylation is 1. The van der Waals surface area contributed by atoms with Crippen molar-refractivity contribution in [2.24, 2.45) is 0 Å². The number of amides is 1. The zero-order chi connectivity index (χ0) is 24.6. The largest absolute Gasteiger partial charge is 0.507 e. The standard InChI is InChI=1S/C26H23N3O5/c1-16-7-11-20(12-8-16)28-23(17-9-13-19(14-10-17)27(2)3)22(25(31)26(28)32)24(30)18-5-4-6-21(15-18)29(33)34/h4-15,23,30H,1-3H3/b24-22-. The Balaban J connectivity index is 1.93. The first-order valence-electron chi connectivity index (χ1n) is 10.6. The maximum atomic E-state index is 13.2. The summed E-state index contributed by atoms with van der Waals surface area (Å²) in [5, 5.41) is 22.4. The van der Waals surface area contributed by atoms with Crippen molar-refractivity contribution >= 4 is 34.5 Å². The van der Waals surface area contributed by atoms with Crippen molar-refractivity contribution < 1.29 is 19.6 Å². The zero-order valence-corrected chi connectivity index (χ0v) is 18.9. The summed E-state index contributed by atoms with van der Waals surface area (Å²) in [5.74, 6) is -2.10. The van der Waals surface area contributed by atoms with Crippen LogP contribution in [0.1, 0.15) is 22.7 Å². The molecule has 1 saturated heterocycles. The maximum absolute atomic E-state index is 13.2. The third-order valence-corrected chi connectivity index (χ3v) is 5.81. The number of non-ortho nitro benzene ring substituents is 1. The van der Waals surface area contributed by atoms with Gasteiger partial charge in [0.1, 0.15) is 5.76 Å². The van der Waals surface area contributed by atoms with Crippen molar-refractivity contribution in [3.8, 4) is 0 Å². The first-order valence-corrected chi connectivity index (χ1v) is 10.6. The van der Waals surface area contributed by atoms with Gasteiger partial charge in [0.05, 0.1) is 16.5 Å². The van der Waals surface area contributed by atoms with Crippen LogP contribution in [0, 0.1) is 17.0 Å². The molecule has 34 heavy (non-hydrogen) atoms. The summed E-state index contributed by atoms with van der Waals surface area (Å²) < 4.78 is 0. The molecule has 3 aromatic carbocycles. The number of nitro benzene ring substituents is 1. The fourth-order valence-corrected chi connectivity index (χ4v) is 4.00. The Morgan fingerprint density at radius 3 is 2.24 bits per heavy atom. The minimum absolute atomic E-state index is 0.0889. The van der Waals surface area contributed by atoms with E-state index in [-0.39, 0.29) is 16.8 Å². The number of ketones is 1. The van der Waals surface area contributed by atoms with Gasteiger partial charge in [-0.1, -0.05) is 42.0 Å². The van der Waals surface area contributed by atoms with Crippen molar-refractivity contribution in [2.75, 3.05) is 23.9 Å². The molecule has 1 fully saturated rings. The second kappa shape index (κ2) is 8.82. The van der Waals surface area contributed by atoms with Crippen molar-refractivity contribution in [3.05, 3.63) is 105 Å². The summed E-state index contributed by atoms with van der Waals surface area (Å²) in [5.41, 5.74) is 2.78. The first kappa shape index (κ1) is 22.7. The minimum Gasteiger partial charge on any atom is -0.507 e. The van der Waals surface area contributed by atoms with Crippen LogP contribution < -0.4 is 9.80 Å². The topological polar surface area (TPSA) is 104 Å². The molecule has 0 aliphatic carbocycles. The Morgan fingerprint density at radius 1 is 1.00 bits per heavy atom. The lowest BCUT2D eigenvalue weighted by molar-refractivity contribution is -0.384. The Bertz CT molecular complexity index is 1310. The highest BCUT2D eigenvalue weighted by molar-refractivity contribution is 6.51. The van der Waals surface area contributed by atoms with Crippen LogP contribution in [-0.2, 0) is 9.59 Å². The van der Waals surface area contributed by atoms with Gasteiger partial charge in [0, 0.05) is 43.2 Å². The molecule has 1 unspecified atom stereocenters. The van der Waals surface area contributed by atoms with Crippen LogP contribution in [0.4, 0.5) is 17.1 Å². The fourth-order valence-electron chi connectivity index (χ4n) is 4.00. The number of nitrogens with zero attached hydrogens (tertiary/aromatic N) is 3. The summed E-state index contributed by atoms with van der Waals surface area (Å²) in [6.07, 6.45) is 0. The third-order valence-electron chi connectivity index (χ3n) is 5.81. The predicted octanol–water partition coefficient (Wildman–Crippen LogP) is 4.60. The van der Waals surface area contributed by atoms with E-state index in [4.69, 9.17) is 0 Å². The molecule has 0 bridgehead atoms. The molecule has 172 valence electrons. The monoisotopic (exact) mass is 457 g/mol. The molecule has 1 aliphatic rings. The number of carbonyl (C=O) groups is 2. The molecule has 1 N–H and O–H groups in total. The fraction of sp³-hybridized carbons (Fsp3) is 0.154. The van der Waals surface area contributed by atoms with E-state index >= 15 is 0 Å². The van der Waals surface area contributed by atoms with E-state index in [2.05, 4.69) is 0 Å². The molecule has 3 aromatic rings. The van der Waals surface area contributed by atoms with Crippen molar-refractivity contribution in [1.29, 1.82) is 0 Å². The molecule has 0 aromatic heterocycles. The lowest BCUT2D eigenvalue weighted by Crippen LogP contribution is -2.29. The minimum atomic E-state index is -0.904. The highest BCUT2D eigenvalue weighted by Crippen LogP contribution is 2.42. The highest BCUT2D eigenvalue weighted by atomic mass is 16.6. The molecular formula is C26H23N3O5. The van der Waals surface area contributed by atoms with E-state index in [0.717, 1.165) is 11.3 Å². The van der Waals surface area contributed by atoms with E-state index < -0.39 is 28.4 Å². The zero-order valence-electron chi connectivity index (χ0n) is 18.9. The van der Waals surface area contributed by atoms with Crippen molar-refractivity contribution in [3.63, 3.8) is 0 Å².